The highest BCUT2D eigenvalue weighted by Gasteiger charge is 2.49. The zero-order valence-electron chi connectivity index (χ0n) is 13.8. The van der Waals surface area contributed by atoms with Gasteiger partial charge in [0.1, 0.15) is 6.10 Å². The summed E-state index contributed by atoms with van der Waals surface area (Å²) in [6.07, 6.45) is 11.9. The Labute approximate surface area is 132 Å². The summed E-state index contributed by atoms with van der Waals surface area (Å²) in [4.78, 5) is 14.8. The van der Waals surface area contributed by atoms with Gasteiger partial charge in [-0.3, -0.25) is 4.79 Å². The van der Waals surface area contributed by atoms with E-state index in [2.05, 4.69) is 37.9 Å². The monoisotopic (exact) mass is 299 g/mol. The molecule has 2 unspecified atom stereocenters. The van der Waals surface area contributed by atoms with Gasteiger partial charge in [-0.1, -0.05) is 23.8 Å². The summed E-state index contributed by atoms with van der Waals surface area (Å²) in [7, 11) is 0. The molecule has 1 saturated heterocycles. The molecule has 2 rings (SSSR count). The smallest absolute Gasteiger partial charge is 0.202 e. The topological polar surface area (TPSA) is 45.4 Å². The first kappa shape index (κ1) is 16.5. The molecule has 0 spiro atoms. The first-order valence-electron chi connectivity index (χ1n) is 7.76. The van der Waals surface area contributed by atoms with Crippen molar-refractivity contribution in [2.24, 2.45) is 0 Å². The van der Waals surface area contributed by atoms with Crippen molar-refractivity contribution < 1.29 is 9.53 Å². The van der Waals surface area contributed by atoms with Crippen LogP contribution in [0, 0.1) is 0 Å². The van der Waals surface area contributed by atoms with Crippen LogP contribution < -0.4 is 0 Å². The molecule has 0 bridgehead atoms. The Kier molecular flexibility index (Phi) is 5.19. The molecule has 0 aromatic carbocycles. The number of aromatic amines is 1. The molecule has 1 aliphatic rings. The van der Waals surface area contributed by atoms with Gasteiger partial charge >= 0.3 is 0 Å². The predicted molar refractivity (Wildman–Crippen MR) is 90.0 cm³/mol. The predicted octanol–water partition coefficient (Wildman–Crippen LogP) is 4.60. The molecular weight excluding hydrogens is 274 g/mol. The maximum Gasteiger partial charge on any atom is 0.202 e. The van der Waals surface area contributed by atoms with Crippen LogP contribution in [-0.4, -0.2) is 22.5 Å². The quantitative estimate of drug-likeness (QED) is 0.263. The molecule has 1 aromatic heterocycles. The van der Waals surface area contributed by atoms with Gasteiger partial charge in [0.15, 0.2) is 0 Å². The lowest BCUT2D eigenvalue weighted by molar-refractivity contribution is 0.104. The number of nitrogens with one attached hydrogen (secondary N) is 1. The van der Waals surface area contributed by atoms with Crippen LogP contribution in [0.1, 0.15) is 51.0 Å². The number of ether oxygens (including phenoxy) is 1. The molecule has 118 valence electrons. The molecule has 22 heavy (non-hydrogen) atoms. The van der Waals surface area contributed by atoms with Crippen LogP contribution in [0.2, 0.25) is 0 Å². The van der Waals surface area contributed by atoms with E-state index in [4.69, 9.17) is 4.74 Å². The third kappa shape index (κ3) is 4.57. The summed E-state index contributed by atoms with van der Waals surface area (Å²) in [6.45, 7) is 8.30. The van der Waals surface area contributed by atoms with Crippen molar-refractivity contribution in [3.05, 3.63) is 59.5 Å². The fourth-order valence-corrected chi connectivity index (χ4v) is 2.40. The van der Waals surface area contributed by atoms with Gasteiger partial charge in [0.25, 0.3) is 0 Å². The van der Waals surface area contributed by atoms with E-state index in [9.17, 15) is 4.79 Å². The van der Waals surface area contributed by atoms with Gasteiger partial charge in [0.05, 0.1) is 11.3 Å². The molecule has 1 aromatic rings. The van der Waals surface area contributed by atoms with Gasteiger partial charge < -0.3 is 9.72 Å². The summed E-state index contributed by atoms with van der Waals surface area (Å²) in [5.41, 5.74) is 2.84. The highest BCUT2D eigenvalue weighted by Crippen LogP contribution is 2.41. The van der Waals surface area contributed by atoms with Crippen LogP contribution in [0.25, 0.3) is 0 Å². The molecule has 2 heterocycles. The van der Waals surface area contributed by atoms with E-state index in [-0.39, 0.29) is 17.5 Å². The number of allylic oxidation sites excluding steroid dienone is 5. The van der Waals surface area contributed by atoms with E-state index in [0.717, 1.165) is 18.4 Å². The van der Waals surface area contributed by atoms with Crippen LogP contribution in [-0.2, 0) is 4.74 Å². The number of epoxide rings is 1. The van der Waals surface area contributed by atoms with Crippen molar-refractivity contribution in [2.75, 3.05) is 0 Å². The van der Waals surface area contributed by atoms with Gasteiger partial charge in [-0.25, -0.2) is 0 Å². The number of hydrogen-bond acceptors (Lipinski definition) is 2. The van der Waals surface area contributed by atoms with Crippen molar-refractivity contribution in [1.29, 1.82) is 0 Å². The fourth-order valence-electron chi connectivity index (χ4n) is 2.40. The maximum absolute atomic E-state index is 11.9. The van der Waals surface area contributed by atoms with Crippen LogP contribution in [0.5, 0.6) is 0 Å². The van der Waals surface area contributed by atoms with Crippen molar-refractivity contribution >= 4 is 5.78 Å². The first-order valence-corrected chi connectivity index (χ1v) is 7.76. The Morgan fingerprint density at radius 2 is 2.18 bits per heavy atom. The molecule has 1 N–H and O–H groups in total. The molecule has 0 radical (unpaired) electrons. The normalized spacial score (nSPS) is 24.5. The molecular formula is C19H25NO2. The van der Waals surface area contributed by atoms with Crippen LogP contribution in [0.4, 0.5) is 0 Å². The lowest BCUT2D eigenvalue weighted by atomic mass is 10.00. The lowest BCUT2D eigenvalue weighted by Crippen LogP contribution is -2.07. The molecule has 1 aliphatic heterocycles. The van der Waals surface area contributed by atoms with Crippen LogP contribution in [0.3, 0.4) is 0 Å². The van der Waals surface area contributed by atoms with E-state index < -0.39 is 0 Å². The summed E-state index contributed by atoms with van der Waals surface area (Å²) in [5, 5.41) is 0. The van der Waals surface area contributed by atoms with Gasteiger partial charge in [-0.05, 0) is 64.3 Å². The minimum Gasteiger partial charge on any atom is -0.362 e. The van der Waals surface area contributed by atoms with Crippen LogP contribution in [0.15, 0.2) is 53.8 Å². The standard InChI is InChI=1S/C19H25NO2/c1-14(2)7-5-11-19(4)18(22-19)10-9-15(3)13-17(21)16-8-6-12-20-16/h6-10,12-13,18,20H,5,11H2,1-4H3. The van der Waals surface area contributed by atoms with E-state index in [1.807, 2.05) is 19.1 Å². The summed E-state index contributed by atoms with van der Waals surface area (Å²) in [5.74, 6) is -0.00446. The van der Waals surface area contributed by atoms with Gasteiger partial charge in [-0.15, -0.1) is 0 Å². The summed E-state index contributed by atoms with van der Waals surface area (Å²) in [6, 6.07) is 3.60. The van der Waals surface area contributed by atoms with Crippen molar-refractivity contribution in [1.82, 2.24) is 4.98 Å². The number of H-pyrrole nitrogens is 1. The van der Waals surface area contributed by atoms with Crippen LogP contribution >= 0.6 is 0 Å². The molecule has 0 aliphatic carbocycles. The van der Waals surface area contributed by atoms with Crippen molar-refractivity contribution in [3.63, 3.8) is 0 Å². The zero-order chi connectivity index (χ0) is 16.2. The molecule has 0 amide bonds. The largest absolute Gasteiger partial charge is 0.362 e. The van der Waals surface area contributed by atoms with Gasteiger partial charge in [0.2, 0.25) is 5.78 Å². The number of carbonyl (C=O) groups excluding carboxylic acids is 1. The average Bonchev–Trinajstić information content (AvgIpc) is 2.88. The van der Waals surface area contributed by atoms with E-state index >= 15 is 0 Å². The lowest BCUT2D eigenvalue weighted by Gasteiger charge is -2.02. The SMILES string of the molecule is CC(C)=CCCC1(C)OC1C=CC(C)=CC(=O)c1ccc[nH]1. The first-order chi connectivity index (χ1) is 10.4. The van der Waals surface area contributed by atoms with E-state index in [1.165, 1.54) is 5.57 Å². The number of ketones is 1. The summed E-state index contributed by atoms with van der Waals surface area (Å²) < 4.78 is 5.78. The van der Waals surface area contributed by atoms with Crippen molar-refractivity contribution in [3.8, 4) is 0 Å². The third-order valence-corrected chi connectivity index (χ3v) is 3.89. The summed E-state index contributed by atoms with van der Waals surface area (Å²) >= 11 is 0. The Bertz CT molecular complexity index is 603. The molecule has 2 atom stereocenters. The Morgan fingerprint density at radius 1 is 1.41 bits per heavy atom. The average molecular weight is 299 g/mol. The molecule has 0 saturated carbocycles. The second kappa shape index (κ2) is 6.93. The molecule has 1 fully saturated rings. The number of rotatable bonds is 7. The molecule has 3 nitrogen and oxygen atoms in total. The van der Waals surface area contributed by atoms with Crippen molar-refractivity contribution in [2.45, 2.75) is 52.2 Å². The number of hydrogen-bond donors (Lipinski definition) is 1. The Morgan fingerprint density at radius 3 is 2.82 bits per heavy atom. The second-order valence-corrected chi connectivity index (χ2v) is 6.37. The maximum atomic E-state index is 11.9. The van der Waals surface area contributed by atoms with Gasteiger partial charge in [-0.2, -0.15) is 0 Å². The molecule has 3 heteroatoms. The number of carbonyl (C=O) groups is 1. The Balaban J connectivity index is 1.85. The highest BCUT2D eigenvalue weighted by molar-refractivity contribution is 6.03. The minimum atomic E-state index is -0.0494. The van der Waals surface area contributed by atoms with E-state index in [0.29, 0.717) is 5.69 Å². The Hall–Kier alpha value is -1.87. The zero-order valence-corrected chi connectivity index (χ0v) is 13.8. The van der Waals surface area contributed by atoms with Gasteiger partial charge in [0, 0.05) is 6.20 Å². The minimum absolute atomic E-state index is 0.00446. The number of aromatic nitrogens is 1. The highest BCUT2D eigenvalue weighted by atomic mass is 16.6. The fraction of sp³-hybridized carbons (Fsp3) is 0.421. The third-order valence-electron chi connectivity index (χ3n) is 3.89. The second-order valence-electron chi connectivity index (χ2n) is 6.37. The van der Waals surface area contributed by atoms with E-state index in [1.54, 1.807) is 18.3 Å².